The Morgan fingerprint density at radius 1 is 1.12 bits per heavy atom. The van der Waals surface area contributed by atoms with Gasteiger partial charge in [0.2, 0.25) is 0 Å². The van der Waals surface area contributed by atoms with Gasteiger partial charge in [0.25, 0.3) is 0 Å². The zero-order chi connectivity index (χ0) is 12.5. The number of nitrogens with zero attached hydrogens (tertiary/aromatic N) is 2. The summed E-state index contributed by atoms with van der Waals surface area (Å²) in [7, 11) is 0. The maximum atomic E-state index is 6.79. The minimum Gasteiger partial charge on any atom is -0.482 e. The highest BCUT2D eigenvalue weighted by atomic mass is 16.5. The van der Waals surface area contributed by atoms with Gasteiger partial charge in [0.1, 0.15) is 6.61 Å². The van der Waals surface area contributed by atoms with Crippen LogP contribution in [-0.2, 0) is 4.74 Å². The standard InChI is InChI=1S/C13H27N3O/c1-13(2)4-3-5-15-6-8-16(9-7-15)10-11-17-12-14/h12-14H,3-11H2,1-2H3. The van der Waals surface area contributed by atoms with Gasteiger partial charge in [-0.3, -0.25) is 10.3 Å². The van der Waals surface area contributed by atoms with E-state index in [1.165, 1.54) is 32.5 Å². The quantitative estimate of drug-likeness (QED) is 0.399. The number of ether oxygens (including phenoxy) is 1. The van der Waals surface area contributed by atoms with Crippen molar-refractivity contribution >= 4 is 6.40 Å². The summed E-state index contributed by atoms with van der Waals surface area (Å²) in [6.07, 6.45) is 3.70. The van der Waals surface area contributed by atoms with Crippen LogP contribution in [0.4, 0.5) is 0 Å². The summed E-state index contributed by atoms with van der Waals surface area (Å²) >= 11 is 0. The molecule has 0 amide bonds. The van der Waals surface area contributed by atoms with E-state index in [1.54, 1.807) is 0 Å². The zero-order valence-corrected chi connectivity index (χ0v) is 11.3. The summed E-state index contributed by atoms with van der Waals surface area (Å²) in [4.78, 5) is 4.98. The normalized spacial score (nSPS) is 18.5. The van der Waals surface area contributed by atoms with Crippen molar-refractivity contribution in [2.75, 3.05) is 45.9 Å². The molecule has 0 atom stereocenters. The SMILES string of the molecule is CC(C)CCCN1CCN(CCOC=N)CC1. The lowest BCUT2D eigenvalue weighted by Crippen LogP contribution is -2.47. The van der Waals surface area contributed by atoms with Crippen LogP contribution >= 0.6 is 0 Å². The van der Waals surface area contributed by atoms with E-state index < -0.39 is 0 Å². The molecule has 17 heavy (non-hydrogen) atoms. The van der Waals surface area contributed by atoms with Gasteiger partial charge >= 0.3 is 0 Å². The largest absolute Gasteiger partial charge is 0.482 e. The monoisotopic (exact) mass is 241 g/mol. The average molecular weight is 241 g/mol. The Bertz CT molecular complexity index is 201. The molecule has 0 bridgehead atoms. The molecule has 1 rings (SSSR count). The Balaban J connectivity index is 2.03. The van der Waals surface area contributed by atoms with E-state index in [1.807, 2.05) is 0 Å². The van der Waals surface area contributed by atoms with Gasteiger partial charge in [-0.1, -0.05) is 13.8 Å². The van der Waals surface area contributed by atoms with Crippen molar-refractivity contribution in [2.24, 2.45) is 5.92 Å². The summed E-state index contributed by atoms with van der Waals surface area (Å²) in [6, 6.07) is 0. The Hall–Kier alpha value is -0.610. The van der Waals surface area contributed by atoms with Crippen molar-refractivity contribution in [2.45, 2.75) is 26.7 Å². The second-order valence-electron chi connectivity index (χ2n) is 5.21. The molecule has 0 aromatic heterocycles. The van der Waals surface area contributed by atoms with E-state index in [-0.39, 0.29) is 0 Å². The fourth-order valence-corrected chi connectivity index (χ4v) is 2.20. The van der Waals surface area contributed by atoms with Crippen molar-refractivity contribution in [1.29, 1.82) is 5.41 Å². The molecule has 1 fully saturated rings. The molecule has 0 aromatic rings. The van der Waals surface area contributed by atoms with Gasteiger partial charge in [0.15, 0.2) is 6.40 Å². The third-order valence-corrected chi connectivity index (χ3v) is 3.33. The number of hydrogen-bond acceptors (Lipinski definition) is 4. The lowest BCUT2D eigenvalue weighted by atomic mass is 10.1. The van der Waals surface area contributed by atoms with E-state index in [4.69, 9.17) is 10.1 Å². The minimum atomic E-state index is 0.650. The Labute approximate surface area is 105 Å². The van der Waals surface area contributed by atoms with Crippen LogP contribution in [0, 0.1) is 11.3 Å². The van der Waals surface area contributed by atoms with Crippen LogP contribution in [0.2, 0.25) is 0 Å². The molecule has 0 aromatic carbocycles. The fraction of sp³-hybridized carbons (Fsp3) is 0.923. The summed E-state index contributed by atoms with van der Waals surface area (Å²) in [6.45, 7) is 12.1. The lowest BCUT2D eigenvalue weighted by molar-refractivity contribution is 0.114. The van der Waals surface area contributed by atoms with E-state index in [0.29, 0.717) is 6.61 Å². The van der Waals surface area contributed by atoms with Gasteiger partial charge in [0, 0.05) is 32.7 Å². The Kier molecular flexibility index (Phi) is 7.21. The summed E-state index contributed by atoms with van der Waals surface area (Å²) < 4.78 is 4.94. The van der Waals surface area contributed by atoms with Crippen LogP contribution in [0.25, 0.3) is 0 Å². The third kappa shape index (κ3) is 6.64. The van der Waals surface area contributed by atoms with E-state index in [0.717, 1.165) is 32.0 Å². The topological polar surface area (TPSA) is 39.6 Å². The molecule has 0 spiro atoms. The van der Waals surface area contributed by atoms with Crippen molar-refractivity contribution in [3.63, 3.8) is 0 Å². The Morgan fingerprint density at radius 3 is 2.24 bits per heavy atom. The minimum absolute atomic E-state index is 0.650. The van der Waals surface area contributed by atoms with Crippen molar-refractivity contribution < 1.29 is 4.74 Å². The predicted molar refractivity (Wildman–Crippen MR) is 71.7 cm³/mol. The average Bonchev–Trinajstić information content (AvgIpc) is 2.31. The lowest BCUT2D eigenvalue weighted by Gasteiger charge is -2.34. The summed E-state index contributed by atoms with van der Waals surface area (Å²) in [5.41, 5.74) is 0. The maximum Gasteiger partial charge on any atom is 0.166 e. The maximum absolute atomic E-state index is 6.79. The highest BCUT2D eigenvalue weighted by Crippen LogP contribution is 2.07. The van der Waals surface area contributed by atoms with E-state index >= 15 is 0 Å². The molecule has 1 aliphatic heterocycles. The van der Waals surface area contributed by atoms with Crippen LogP contribution < -0.4 is 0 Å². The zero-order valence-electron chi connectivity index (χ0n) is 11.3. The number of hydrogen-bond donors (Lipinski definition) is 1. The molecule has 0 radical (unpaired) electrons. The van der Waals surface area contributed by atoms with Gasteiger partial charge in [-0.2, -0.15) is 0 Å². The van der Waals surface area contributed by atoms with E-state index in [9.17, 15) is 0 Å². The smallest absolute Gasteiger partial charge is 0.166 e. The first-order chi connectivity index (χ1) is 8.22. The van der Waals surface area contributed by atoms with E-state index in [2.05, 4.69) is 23.6 Å². The van der Waals surface area contributed by atoms with Gasteiger partial charge in [-0.15, -0.1) is 0 Å². The molecule has 0 aliphatic carbocycles. The molecule has 1 N–H and O–H groups in total. The first-order valence-corrected chi connectivity index (χ1v) is 6.77. The van der Waals surface area contributed by atoms with Gasteiger partial charge in [-0.25, -0.2) is 0 Å². The summed E-state index contributed by atoms with van der Waals surface area (Å²) in [5.74, 6) is 0.828. The van der Waals surface area contributed by atoms with Crippen molar-refractivity contribution in [3.05, 3.63) is 0 Å². The van der Waals surface area contributed by atoms with Gasteiger partial charge < -0.3 is 9.64 Å². The molecule has 100 valence electrons. The number of piperazine rings is 1. The van der Waals surface area contributed by atoms with Crippen molar-refractivity contribution in [3.8, 4) is 0 Å². The van der Waals surface area contributed by atoms with Crippen LogP contribution in [0.1, 0.15) is 26.7 Å². The second kappa shape index (κ2) is 8.48. The molecule has 1 saturated heterocycles. The van der Waals surface area contributed by atoms with Gasteiger partial charge in [0.05, 0.1) is 0 Å². The molecule has 1 heterocycles. The molecule has 0 saturated carbocycles. The third-order valence-electron chi connectivity index (χ3n) is 3.33. The van der Waals surface area contributed by atoms with Gasteiger partial charge in [-0.05, 0) is 25.3 Å². The van der Waals surface area contributed by atoms with Crippen LogP contribution in [-0.4, -0.2) is 62.1 Å². The highest BCUT2D eigenvalue weighted by Gasteiger charge is 2.15. The summed E-state index contributed by atoms with van der Waals surface area (Å²) in [5, 5.41) is 6.79. The second-order valence-corrected chi connectivity index (χ2v) is 5.21. The van der Waals surface area contributed by atoms with Crippen LogP contribution in [0.15, 0.2) is 0 Å². The predicted octanol–water partition coefficient (Wildman–Crippen LogP) is 1.66. The Morgan fingerprint density at radius 2 is 1.71 bits per heavy atom. The van der Waals surface area contributed by atoms with Crippen LogP contribution in [0.5, 0.6) is 0 Å². The van der Waals surface area contributed by atoms with Crippen molar-refractivity contribution in [1.82, 2.24) is 9.80 Å². The fourth-order valence-electron chi connectivity index (χ4n) is 2.20. The molecule has 4 heteroatoms. The number of nitrogens with one attached hydrogen (secondary N) is 1. The molecule has 4 nitrogen and oxygen atoms in total. The highest BCUT2D eigenvalue weighted by molar-refractivity contribution is 5.40. The first-order valence-electron chi connectivity index (χ1n) is 6.77. The first kappa shape index (κ1) is 14.5. The number of rotatable bonds is 8. The molecule has 0 unspecified atom stereocenters. The molecular weight excluding hydrogens is 214 g/mol. The molecular formula is C13H27N3O. The van der Waals surface area contributed by atoms with Crippen LogP contribution in [0.3, 0.4) is 0 Å². The molecule has 1 aliphatic rings.